The van der Waals surface area contributed by atoms with Gasteiger partial charge in [-0.05, 0) is 32.9 Å². The van der Waals surface area contributed by atoms with E-state index in [1.165, 1.54) is 12.1 Å². The number of aromatic nitrogens is 2. The third kappa shape index (κ3) is 4.06. The Hall–Kier alpha value is -3.07. The van der Waals surface area contributed by atoms with Gasteiger partial charge in [-0.3, -0.25) is 0 Å². The van der Waals surface area contributed by atoms with Crippen molar-refractivity contribution >= 4 is 16.7 Å². The number of nitrogens with one attached hydrogen (secondary N) is 2. The van der Waals surface area contributed by atoms with E-state index in [1.54, 1.807) is 13.8 Å². The molecule has 174 valence electrons. The molecule has 2 aliphatic heterocycles. The fourth-order valence-electron chi connectivity index (χ4n) is 4.51. The SMILES string of the molecule is Cc1nc(N[C@H](C)c2cccc(C(F)F)c2F)c2cc(O[C@H]3CCNC3)c3c(c2n1)CCO3. The summed E-state index contributed by atoms with van der Waals surface area (Å²) in [6, 6.07) is 5.30. The minimum Gasteiger partial charge on any atom is -0.489 e. The first kappa shape index (κ1) is 21.8. The molecule has 0 radical (unpaired) electrons. The van der Waals surface area contributed by atoms with Gasteiger partial charge in [-0.1, -0.05) is 18.2 Å². The van der Waals surface area contributed by atoms with Crippen LogP contribution in [-0.2, 0) is 6.42 Å². The number of benzene rings is 2. The van der Waals surface area contributed by atoms with Crippen LogP contribution in [0.3, 0.4) is 0 Å². The topological polar surface area (TPSA) is 68.3 Å². The Morgan fingerprint density at radius 3 is 2.82 bits per heavy atom. The van der Waals surface area contributed by atoms with Crippen molar-refractivity contribution in [3.63, 3.8) is 0 Å². The lowest BCUT2D eigenvalue weighted by Gasteiger charge is -2.20. The molecule has 1 fully saturated rings. The summed E-state index contributed by atoms with van der Waals surface area (Å²) in [6.45, 7) is 5.71. The molecule has 6 nitrogen and oxygen atoms in total. The third-order valence-electron chi connectivity index (χ3n) is 6.14. The van der Waals surface area contributed by atoms with Crippen LogP contribution in [0.2, 0.25) is 0 Å². The summed E-state index contributed by atoms with van der Waals surface area (Å²) in [4.78, 5) is 9.19. The van der Waals surface area contributed by atoms with Gasteiger partial charge in [-0.2, -0.15) is 0 Å². The summed E-state index contributed by atoms with van der Waals surface area (Å²) in [5, 5.41) is 7.23. The molecule has 9 heteroatoms. The van der Waals surface area contributed by atoms with Crippen LogP contribution in [-0.4, -0.2) is 35.8 Å². The monoisotopic (exact) mass is 458 g/mol. The van der Waals surface area contributed by atoms with Crippen molar-refractivity contribution in [1.29, 1.82) is 0 Å². The van der Waals surface area contributed by atoms with Crippen LogP contribution < -0.4 is 20.1 Å². The first-order valence-electron chi connectivity index (χ1n) is 11.1. The van der Waals surface area contributed by atoms with Crippen LogP contribution in [0, 0.1) is 12.7 Å². The van der Waals surface area contributed by atoms with E-state index in [-0.39, 0.29) is 11.7 Å². The van der Waals surface area contributed by atoms with Crippen molar-refractivity contribution in [3.05, 3.63) is 52.6 Å². The van der Waals surface area contributed by atoms with Crippen molar-refractivity contribution in [1.82, 2.24) is 15.3 Å². The minimum atomic E-state index is -2.88. The molecule has 3 heterocycles. The standard InChI is InChI=1S/C24H25F3N4O2/c1-12(15-4-3-5-16(20(15)25)23(26)27)29-24-18-10-19(33-14-6-8-28-11-14)22-17(7-9-32-22)21(18)30-13(2)31-24/h3-5,10,12,14,23,28H,6-9,11H2,1-2H3,(H,29,30,31)/t12-,14+/m1/s1. The summed E-state index contributed by atoms with van der Waals surface area (Å²) >= 11 is 0. The van der Waals surface area contributed by atoms with Gasteiger partial charge in [0.2, 0.25) is 0 Å². The Labute approximate surface area is 189 Å². The zero-order valence-electron chi connectivity index (χ0n) is 18.4. The predicted octanol–water partition coefficient (Wildman–Crippen LogP) is 4.86. The first-order chi connectivity index (χ1) is 15.9. The largest absolute Gasteiger partial charge is 0.489 e. The molecule has 33 heavy (non-hydrogen) atoms. The zero-order chi connectivity index (χ0) is 23.1. The maximum atomic E-state index is 14.7. The van der Waals surface area contributed by atoms with E-state index in [2.05, 4.69) is 20.6 Å². The van der Waals surface area contributed by atoms with Crippen LogP contribution >= 0.6 is 0 Å². The Bertz CT molecular complexity index is 1200. The van der Waals surface area contributed by atoms with Gasteiger partial charge in [-0.15, -0.1) is 0 Å². The molecule has 0 aliphatic carbocycles. The zero-order valence-corrected chi connectivity index (χ0v) is 18.4. The molecule has 0 unspecified atom stereocenters. The van der Waals surface area contributed by atoms with Crippen LogP contribution in [0.25, 0.3) is 10.9 Å². The number of halogens is 3. The predicted molar refractivity (Wildman–Crippen MR) is 119 cm³/mol. The summed E-state index contributed by atoms with van der Waals surface area (Å²) < 4.78 is 53.3. The Balaban J connectivity index is 1.56. The van der Waals surface area contributed by atoms with Crippen molar-refractivity contribution in [2.75, 3.05) is 25.0 Å². The van der Waals surface area contributed by atoms with Gasteiger partial charge in [-0.25, -0.2) is 23.1 Å². The van der Waals surface area contributed by atoms with E-state index in [0.717, 1.165) is 42.0 Å². The molecule has 1 saturated heterocycles. The fourth-order valence-corrected chi connectivity index (χ4v) is 4.51. The molecular formula is C24H25F3N4O2. The Kier molecular flexibility index (Phi) is 5.74. The van der Waals surface area contributed by atoms with Crippen LogP contribution in [0.4, 0.5) is 19.0 Å². The summed E-state index contributed by atoms with van der Waals surface area (Å²) in [5.74, 6) is 1.48. The van der Waals surface area contributed by atoms with Crippen LogP contribution in [0.1, 0.15) is 48.3 Å². The fraction of sp³-hybridized carbons (Fsp3) is 0.417. The molecule has 2 N–H and O–H groups in total. The van der Waals surface area contributed by atoms with Crippen molar-refractivity contribution in [3.8, 4) is 11.5 Å². The van der Waals surface area contributed by atoms with Gasteiger partial charge in [0.15, 0.2) is 11.5 Å². The Morgan fingerprint density at radius 2 is 2.06 bits per heavy atom. The van der Waals surface area contributed by atoms with Gasteiger partial charge in [0.25, 0.3) is 6.43 Å². The summed E-state index contributed by atoms with van der Waals surface area (Å²) in [6.07, 6.45) is -1.24. The highest BCUT2D eigenvalue weighted by Crippen LogP contribution is 2.43. The molecule has 0 amide bonds. The minimum absolute atomic E-state index is 0.0450. The van der Waals surface area contributed by atoms with Gasteiger partial charge in [0.05, 0.1) is 23.7 Å². The lowest BCUT2D eigenvalue weighted by atomic mass is 10.0. The summed E-state index contributed by atoms with van der Waals surface area (Å²) in [5.41, 5.74) is 1.25. The highest BCUT2D eigenvalue weighted by atomic mass is 19.3. The van der Waals surface area contributed by atoms with Gasteiger partial charge < -0.3 is 20.1 Å². The molecule has 2 aliphatic rings. The highest BCUT2D eigenvalue weighted by Gasteiger charge is 2.27. The molecule has 2 aromatic carbocycles. The quantitative estimate of drug-likeness (QED) is 0.550. The van der Waals surface area contributed by atoms with E-state index >= 15 is 0 Å². The molecule has 0 spiro atoms. The Morgan fingerprint density at radius 1 is 1.24 bits per heavy atom. The number of aryl methyl sites for hydroxylation is 1. The lowest BCUT2D eigenvalue weighted by Crippen LogP contribution is -2.20. The maximum Gasteiger partial charge on any atom is 0.266 e. The number of anilines is 1. The second kappa shape index (κ2) is 8.70. The van der Waals surface area contributed by atoms with E-state index in [1.807, 2.05) is 6.07 Å². The van der Waals surface area contributed by atoms with E-state index in [0.29, 0.717) is 36.2 Å². The normalized spacial score (nSPS) is 18.4. The third-order valence-corrected chi connectivity index (χ3v) is 6.14. The van der Waals surface area contributed by atoms with Crippen molar-refractivity contribution < 1.29 is 22.6 Å². The number of hydrogen-bond donors (Lipinski definition) is 2. The molecule has 3 aromatic rings. The van der Waals surface area contributed by atoms with E-state index < -0.39 is 23.8 Å². The average molecular weight is 458 g/mol. The first-order valence-corrected chi connectivity index (χ1v) is 11.1. The van der Waals surface area contributed by atoms with Crippen LogP contribution in [0.15, 0.2) is 24.3 Å². The number of fused-ring (bicyclic) bond motifs is 3. The number of nitrogens with zero attached hydrogens (tertiary/aromatic N) is 2. The molecular weight excluding hydrogens is 433 g/mol. The second-order valence-electron chi connectivity index (χ2n) is 8.45. The van der Waals surface area contributed by atoms with Gasteiger partial charge in [0, 0.05) is 29.5 Å². The average Bonchev–Trinajstić information content (AvgIpc) is 3.46. The molecule has 0 saturated carbocycles. The summed E-state index contributed by atoms with van der Waals surface area (Å²) in [7, 11) is 0. The lowest BCUT2D eigenvalue weighted by molar-refractivity contribution is 0.146. The van der Waals surface area contributed by atoms with Gasteiger partial charge in [0.1, 0.15) is 23.6 Å². The van der Waals surface area contributed by atoms with Crippen molar-refractivity contribution in [2.45, 2.75) is 45.3 Å². The molecule has 1 aromatic heterocycles. The second-order valence-corrected chi connectivity index (χ2v) is 8.45. The highest BCUT2D eigenvalue weighted by molar-refractivity contribution is 5.95. The number of ether oxygens (including phenoxy) is 2. The smallest absolute Gasteiger partial charge is 0.266 e. The van der Waals surface area contributed by atoms with Crippen molar-refractivity contribution in [2.24, 2.45) is 0 Å². The maximum absolute atomic E-state index is 14.7. The number of hydrogen-bond acceptors (Lipinski definition) is 6. The van der Waals surface area contributed by atoms with Gasteiger partial charge >= 0.3 is 0 Å². The molecule has 5 rings (SSSR count). The molecule has 0 bridgehead atoms. The van der Waals surface area contributed by atoms with E-state index in [9.17, 15) is 13.2 Å². The van der Waals surface area contributed by atoms with Crippen LogP contribution in [0.5, 0.6) is 11.5 Å². The number of alkyl halides is 2. The molecule has 2 atom stereocenters. The van der Waals surface area contributed by atoms with E-state index in [4.69, 9.17) is 9.47 Å². The number of rotatable bonds is 6.